The van der Waals surface area contributed by atoms with E-state index in [9.17, 15) is 13.2 Å². The average Bonchev–Trinajstić information content (AvgIpc) is 1.80. The van der Waals surface area contributed by atoms with Gasteiger partial charge in [-0.25, -0.2) is 0 Å². The molecule has 0 aromatic rings. The van der Waals surface area contributed by atoms with E-state index in [-0.39, 0.29) is 5.75 Å². The Morgan fingerprint density at radius 3 is 2.18 bits per heavy atom. The van der Waals surface area contributed by atoms with Crippen molar-refractivity contribution < 1.29 is 22.9 Å². The topological polar surface area (TPSA) is 104 Å². The second-order valence-corrected chi connectivity index (χ2v) is 3.22. The van der Waals surface area contributed by atoms with Gasteiger partial charge in [-0.2, -0.15) is 25.8 Å². The van der Waals surface area contributed by atoms with Crippen molar-refractivity contribution in [2.24, 2.45) is 0 Å². The lowest BCUT2D eigenvalue weighted by atomic mass is 10.4. The second kappa shape index (κ2) is 3.90. The van der Waals surface area contributed by atoms with E-state index in [2.05, 4.69) is 12.6 Å². The van der Waals surface area contributed by atoms with E-state index in [1.807, 2.05) is 0 Å². The summed E-state index contributed by atoms with van der Waals surface area (Å²) in [5.74, 6) is -1.62. The molecule has 0 bridgehead atoms. The second-order valence-electron chi connectivity index (χ2n) is 1.67. The number of carbonyl (C=O) groups is 1. The van der Waals surface area contributed by atoms with Crippen LogP contribution in [0.5, 0.6) is 0 Å². The molecule has 1 atom stereocenters. The molecular weight excluding hydrogens is 194 g/mol. The Kier molecular flexibility index (Phi) is 3.79. The van der Waals surface area contributed by atoms with Crippen LogP contribution in [-0.2, 0) is 15.1 Å². The number of thiol groups is 1. The van der Waals surface area contributed by atoms with Crippen molar-refractivity contribution in [3.05, 3.63) is 0 Å². The number of carboxylic acids is 1. The number of rotatable bonds is 4. The number of hydrogen-bond donors (Lipinski definition) is 4. The fraction of sp³-hybridized carbons (Fsp3) is 0.667. The zero-order valence-corrected chi connectivity index (χ0v) is 6.97. The van der Waals surface area contributed by atoms with Crippen LogP contribution in [0.25, 0.3) is 0 Å². The summed E-state index contributed by atoms with van der Waals surface area (Å²) in [5.41, 5.74) is 0. The number of aliphatic carboxylic acids is 1. The highest BCUT2D eigenvalue weighted by Crippen LogP contribution is 1.89. The zero-order chi connectivity index (χ0) is 9.07. The lowest BCUT2D eigenvalue weighted by Gasteiger charge is -2.07. The van der Waals surface area contributed by atoms with Crippen molar-refractivity contribution in [2.75, 3.05) is 5.75 Å². The highest BCUT2D eigenvalue weighted by Gasteiger charge is 2.20. The first kappa shape index (κ1) is 10.7. The van der Waals surface area contributed by atoms with Gasteiger partial charge >= 0.3 is 16.3 Å². The van der Waals surface area contributed by atoms with E-state index >= 15 is 0 Å². The van der Waals surface area contributed by atoms with Crippen LogP contribution in [0.4, 0.5) is 0 Å². The summed E-state index contributed by atoms with van der Waals surface area (Å²) >= 11 is 3.55. The molecule has 11 heavy (non-hydrogen) atoms. The predicted octanol–water partition coefficient (Wildman–Crippen LogP) is -1.24. The lowest BCUT2D eigenvalue weighted by Crippen LogP contribution is -2.41. The van der Waals surface area contributed by atoms with Gasteiger partial charge in [-0.1, -0.05) is 0 Å². The minimum atomic E-state index is -4.46. The normalized spacial score (nSPS) is 14.4. The molecule has 0 spiro atoms. The van der Waals surface area contributed by atoms with Crippen LogP contribution in [-0.4, -0.2) is 35.8 Å². The molecule has 0 aliphatic heterocycles. The maximum absolute atomic E-state index is 10.1. The van der Waals surface area contributed by atoms with E-state index in [0.717, 1.165) is 0 Å². The molecule has 0 rings (SSSR count). The molecule has 0 fully saturated rings. The zero-order valence-electron chi connectivity index (χ0n) is 5.26. The molecular formula is C3H7NO5S2. The SMILES string of the molecule is O=C(O)[C@@H](CS)NS(=O)(=O)O. The Bertz CT molecular complexity index is 234. The van der Waals surface area contributed by atoms with E-state index in [4.69, 9.17) is 9.66 Å². The highest BCUT2D eigenvalue weighted by molar-refractivity contribution is 7.84. The Morgan fingerprint density at radius 1 is 1.64 bits per heavy atom. The Morgan fingerprint density at radius 2 is 2.09 bits per heavy atom. The molecule has 66 valence electrons. The third-order valence-corrected chi connectivity index (χ3v) is 1.72. The maximum atomic E-state index is 10.1. The average molecular weight is 201 g/mol. The summed E-state index contributed by atoms with van der Waals surface area (Å²) < 4.78 is 29.7. The molecule has 0 aromatic heterocycles. The van der Waals surface area contributed by atoms with Crippen LogP contribution in [0.3, 0.4) is 0 Å². The molecule has 8 heteroatoms. The third kappa shape index (κ3) is 5.01. The lowest BCUT2D eigenvalue weighted by molar-refractivity contribution is -0.138. The van der Waals surface area contributed by atoms with Gasteiger partial charge in [0.15, 0.2) is 0 Å². The van der Waals surface area contributed by atoms with Crippen molar-refractivity contribution in [1.82, 2.24) is 4.72 Å². The Balaban J connectivity index is 4.22. The monoisotopic (exact) mass is 201 g/mol. The van der Waals surface area contributed by atoms with Gasteiger partial charge < -0.3 is 5.11 Å². The molecule has 0 aromatic carbocycles. The van der Waals surface area contributed by atoms with Crippen molar-refractivity contribution in [3.8, 4) is 0 Å². The first-order chi connectivity index (χ1) is 4.87. The van der Waals surface area contributed by atoms with E-state index in [1.54, 1.807) is 0 Å². The van der Waals surface area contributed by atoms with E-state index in [1.165, 1.54) is 4.72 Å². The molecule has 6 nitrogen and oxygen atoms in total. The molecule has 0 saturated carbocycles. The van der Waals surface area contributed by atoms with Gasteiger partial charge in [-0.05, 0) is 0 Å². The fourth-order valence-electron chi connectivity index (χ4n) is 0.346. The first-order valence-electron chi connectivity index (χ1n) is 2.45. The van der Waals surface area contributed by atoms with E-state index < -0.39 is 22.3 Å². The quantitative estimate of drug-likeness (QED) is 0.336. The summed E-state index contributed by atoms with van der Waals surface area (Å²) in [5, 5.41) is 8.25. The van der Waals surface area contributed by atoms with Gasteiger partial charge in [0.25, 0.3) is 0 Å². The van der Waals surface area contributed by atoms with Gasteiger partial charge in [-0.3, -0.25) is 9.35 Å². The summed E-state index contributed by atoms with van der Waals surface area (Å²) in [7, 11) is -4.46. The Hall–Kier alpha value is -0.310. The fourth-order valence-corrected chi connectivity index (χ4v) is 1.26. The molecule has 0 aliphatic carbocycles. The summed E-state index contributed by atoms with van der Waals surface area (Å²) in [6, 6.07) is -1.40. The number of carboxylic acid groups (broad SMARTS) is 1. The van der Waals surface area contributed by atoms with Crippen molar-refractivity contribution in [2.45, 2.75) is 6.04 Å². The third-order valence-electron chi connectivity index (χ3n) is 0.772. The predicted molar refractivity (Wildman–Crippen MR) is 40.0 cm³/mol. The molecule has 0 unspecified atom stereocenters. The minimum absolute atomic E-state index is 0.227. The van der Waals surface area contributed by atoms with Gasteiger partial charge in [0, 0.05) is 5.75 Å². The van der Waals surface area contributed by atoms with Gasteiger partial charge in [-0.15, -0.1) is 0 Å². The summed E-state index contributed by atoms with van der Waals surface area (Å²) in [6.45, 7) is 0. The van der Waals surface area contributed by atoms with Crippen LogP contribution >= 0.6 is 12.6 Å². The van der Waals surface area contributed by atoms with Crippen molar-refractivity contribution >= 4 is 28.9 Å². The number of hydrogen-bond acceptors (Lipinski definition) is 4. The van der Waals surface area contributed by atoms with Gasteiger partial charge in [0.2, 0.25) is 0 Å². The van der Waals surface area contributed by atoms with Crippen LogP contribution in [0.15, 0.2) is 0 Å². The summed E-state index contributed by atoms with van der Waals surface area (Å²) in [4.78, 5) is 10.1. The van der Waals surface area contributed by atoms with E-state index in [0.29, 0.717) is 0 Å². The first-order valence-corrected chi connectivity index (χ1v) is 4.52. The number of nitrogens with one attached hydrogen (secondary N) is 1. The standard InChI is InChI=1S/C3H7NO5S2/c5-3(6)2(1-10)4-11(7,8)9/h2,4,10H,1H2,(H,5,6)(H,7,8,9)/t2-/m1/s1. The van der Waals surface area contributed by atoms with Gasteiger partial charge in [0.1, 0.15) is 6.04 Å². The van der Waals surface area contributed by atoms with Crippen LogP contribution in [0.2, 0.25) is 0 Å². The van der Waals surface area contributed by atoms with Crippen molar-refractivity contribution in [3.63, 3.8) is 0 Å². The van der Waals surface area contributed by atoms with Crippen LogP contribution in [0.1, 0.15) is 0 Å². The van der Waals surface area contributed by atoms with Crippen LogP contribution < -0.4 is 4.72 Å². The maximum Gasteiger partial charge on any atom is 0.334 e. The summed E-state index contributed by atoms with van der Waals surface area (Å²) in [6.07, 6.45) is 0. The molecule has 0 heterocycles. The Labute approximate surface area is 68.9 Å². The van der Waals surface area contributed by atoms with Gasteiger partial charge in [0.05, 0.1) is 0 Å². The minimum Gasteiger partial charge on any atom is -0.480 e. The molecule has 3 N–H and O–H groups in total. The molecule has 0 amide bonds. The molecule has 0 saturated heterocycles. The smallest absolute Gasteiger partial charge is 0.334 e. The molecule has 0 aliphatic rings. The highest BCUT2D eigenvalue weighted by atomic mass is 32.2. The van der Waals surface area contributed by atoms with Crippen molar-refractivity contribution in [1.29, 1.82) is 0 Å². The largest absolute Gasteiger partial charge is 0.480 e. The molecule has 0 radical (unpaired) electrons. The van der Waals surface area contributed by atoms with Crippen LogP contribution in [0, 0.1) is 0 Å².